The molecule has 17 heavy (non-hydrogen) atoms. The number of nitrogens with zero attached hydrogens (tertiary/aromatic N) is 1. The van der Waals surface area contributed by atoms with E-state index in [0.717, 1.165) is 19.4 Å². The van der Waals surface area contributed by atoms with E-state index >= 15 is 0 Å². The molecule has 0 aromatic rings. The summed E-state index contributed by atoms with van der Waals surface area (Å²) in [5, 5.41) is 11.5. The van der Waals surface area contributed by atoms with Gasteiger partial charge >= 0.3 is 6.09 Å². The molecule has 2 atom stereocenters. The molecule has 98 valence electrons. The van der Waals surface area contributed by atoms with E-state index in [2.05, 4.69) is 10.1 Å². The van der Waals surface area contributed by atoms with Crippen LogP contribution in [0.25, 0.3) is 0 Å². The molecule has 2 amide bonds. The Morgan fingerprint density at radius 1 is 1.59 bits per heavy atom. The minimum absolute atomic E-state index is 0.173. The van der Waals surface area contributed by atoms with Crippen molar-refractivity contribution in [3.8, 4) is 0 Å². The van der Waals surface area contributed by atoms with Crippen LogP contribution in [0.3, 0.4) is 0 Å². The SMILES string of the molecule is COC(=O)NC(=O)CN1CCCC1CC(C)O. The molecule has 0 spiro atoms. The molecular weight excluding hydrogens is 224 g/mol. The first-order valence-electron chi connectivity index (χ1n) is 5.83. The average Bonchev–Trinajstić information content (AvgIpc) is 2.64. The van der Waals surface area contributed by atoms with Crippen LogP contribution in [-0.2, 0) is 9.53 Å². The number of hydrogen-bond donors (Lipinski definition) is 2. The smallest absolute Gasteiger partial charge is 0.413 e. The Bertz CT molecular complexity index is 281. The summed E-state index contributed by atoms with van der Waals surface area (Å²) in [6.07, 6.45) is 1.55. The fourth-order valence-corrected chi connectivity index (χ4v) is 2.15. The van der Waals surface area contributed by atoms with E-state index in [1.54, 1.807) is 6.92 Å². The van der Waals surface area contributed by atoms with Gasteiger partial charge in [-0.1, -0.05) is 0 Å². The highest BCUT2D eigenvalue weighted by atomic mass is 16.5. The lowest BCUT2D eigenvalue weighted by molar-refractivity contribution is -0.121. The maximum absolute atomic E-state index is 11.5. The number of carbonyl (C=O) groups is 2. The molecule has 1 aliphatic rings. The van der Waals surface area contributed by atoms with E-state index in [9.17, 15) is 14.7 Å². The molecule has 6 nitrogen and oxygen atoms in total. The maximum Gasteiger partial charge on any atom is 0.413 e. The molecule has 0 radical (unpaired) electrons. The lowest BCUT2D eigenvalue weighted by Gasteiger charge is -2.24. The molecule has 1 saturated heterocycles. The Balaban J connectivity index is 2.39. The van der Waals surface area contributed by atoms with Crippen molar-refractivity contribution in [1.29, 1.82) is 0 Å². The fraction of sp³-hybridized carbons (Fsp3) is 0.818. The van der Waals surface area contributed by atoms with Crippen molar-refractivity contribution in [1.82, 2.24) is 10.2 Å². The van der Waals surface area contributed by atoms with Crippen molar-refractivity contribution in [2.24, 2.45) is 0 Å². The number of hydrogen-bond acceptors (Lipinski definition) is 5. The third kappa shape index (κ3) is 4.70. The predicted octanol–water partition coefficient (Wildman–Crippen LogP) is 0.104. The standard InChI is InChI=1S/C11H20N2O4/c1-8(14)6-9-4-3-5-13(9)7-10(15)12-11(16)17-2/h8-9,14H,3-7H2,1-2H3,(H,12,15,16). The molecule has 0 aromatic heterocycles. The summed E-state index contributed by atoms with van der Waals surface area (Å²) in [5.74, 6) is -0.366. The molecule has 1 aliphatic heterocycles. The van der Waals surface area contributed by atoms with E-state index in [0.29, 0.717) is 6.42 Å². The second-order valence-electron chi connectivity index (χ2n) is 4.39. The highest BCUT2D eigenvalue weighted by molar-refractivity contribution is 5.92. The number of amides is 2. The predicted molar refractivity (Wildman–Crippen MR) is 61.4 cm³/mol. The Hall–Kier alpha value is -1.14. The summed E-state index contributed by atoms with van der Waals surface area (Å²) in [4.78, 5) is 24.3. The summed E-state index contributed by atoms with van der Waals surface area (Å²) in [6, 6.07) is 0.221. The van der Waals surface area contributed by atoms with Gasteiger partial charge in [0.2, 0.25) is 5.91 Å². The van der Waals surface area contributed by atoms with Gasteiger partial charge in [0, 0.05) is 6.04 Å². The van der Waals surface area contributed by atoms with Crippen molar-refractivity contribution in [2.75, 3.05) is 20.2 Å². The zero-order valence-electron chi connectivity index (χ0n) is 10.3. The molecule has 0 bridgehead atoms. The number of carbonyl (C=O) groups excluding carboxylic acids is 2. The van der Waals surface area contributed by atoms with Crippen molar-refractivity contribution in [3.63, 3.8) is 0 Å². The van der Waals surface area contributed by atoms with E-state index in [1.807, 2.05) is 4.90 Å². The van der Waals surface area contributed by atoms with Gasteiger partial charge in [0.15, 0.2) is 0 Å². The van der Waals surface area contributed by atoms with Crippen molar-refractivity contribution < 1.29 is 19.4 Å². The molecule has 0 aliphatic carbocycles. The van der Waals surface area contributed by atoms with Crippen LogP contribution in [0, 0.1) is 0 Å². The third-order valence-electron chi connectivity index (χ3n) is 2.89. The number of methoxy groups -OCH3 is 1. The number of ether oxygens (including phenoxy) is 1. The van der Waals surface area contributed by atoms with E-state index < -0.39 is 6.09 Å². The molecule has 2 unspecified atom stereocenters. The van der Waals surface area contributed by atoms with Gasteiger partial charge in [0.1, 0.15) is 0 Å². The van der Waals surface area contributed by atoms with Gasteiger partial charge in [-0.05, 0) is 32.7 Å². The summed E-state index contributed by atoms with van der Waals surface area (Å²) >= 11 is 0. The first-order valence-corrected chi connectivity index (χ1v) is 5.83. The van der Waals surface area contributed by atoms with Gasteiger partial charge in [-0.2, -0.15) is 0 Å². The molecule has 0 aromatic carbocycles. The van der Waals surface area contributed by atoms with Crippen LogP contribution in [0.15, 0.2) is 0 Å². The van der Waals surface area contributed by atoms with E-state index in [-0.39, 0.29) is 24.6 Å². The number of likely N-dealkylation sites (tertiary alicyclic amines) is 1. The Morgan fingerprint density at radius 3 is 2.88 bits per heavy atom. The Kier molecular flexibility index (Phi) is 5.37. The summed E-state index contributed by atoms with van der Waals surface area (Å²) in [7, 11) is 1.22. The van der Waals surface area contributed by atoms with Gasteiger partial charge in [-0.3, -0.25) is 15.0 Å². The average molecular weight is 244 g/mol. The molecular formula is C11H20N2O4. The minimum atomic E-state index is -0.735. The van der Waals surface area contributed by atoms with Gasteiger partial charge < -0.3 is 9.84 Å². The number of aliphatic hydroxyl groups excluding tert-OH is 1. The molecule has 1 fully saturated rings. The van der Waals surface area contributed by atoms with E-state index in [4.69, 9.17) is 0 Å². The van der Waals surface area contributed by atoms with Crippen LogP contribution in [-0.4, -0.2) is 54.4 Å². The van der Waals surface area contributed by atoms with Crippen molar-refractivity contribution >= 4 is 12.0 Å². The quantitative estimate of drug-likeness (QED) is 0.733. The Labute approximate surface area is 101 Å². The van der Waals surface area contributed by atoms with Gasteiger partial charge in [-0.15, -0.1) is 0 Å². The highest BCUT2D eigenvalue weighted by Gasteiger charge is 2.27. The third-order valence-corrected chi connectivity index (χ3v) is 2.89. The van der Waals surface area contributed by atoms with Crippen LogP contribution >= 0.6 is 0 Å². The molecule has 2 N–H and O–H groups in total. The number of imide groups is 1. The van der Waals surface area contributed by atoms with E-state index in [1.165, 1.54) is 7.11 Å². The summed E-state index contributed by atoms with van der Waals surface area (Å²) < 4.78 is 4.35. The molecule has 6 heteroatoms. The van der Waals surface area contributed by atoms with Crippen LogP contribution in [0.5, 0.6) is 0 Å². The largest absolute Gasteiger partial charge is 0.453 e. The normalized spacial score (nSPS) is 22.2. The fourth-order valence-electron chi connectivity index (χ4n) is 2.15. The summed E-state index contributed by atoms with van der Waals surface area (Å²) in [6.45, 7) is 2.74. The lowest BCUT2D eigenvalue weighted by atomic mass is 10.1. The lowest BCUT2D eigenvalue weighted by Crippen LogP contribution is -2.42. The number of aliphatic hydroxyl groups is 1. The zero-order chi connectivity index (χ0) is 12.8. The van der Waals surface area contributed by atoms with Crippen LogP contribution < -0.4 is 5.32 Å². The first-order chi connectivity index (χ1) is 8.02. The number of rotatable bonds is 4. The van der Waals surface area contributed by atoms with Gasteiger partial charge in [0.05, 0.1) is 19.8 Å². The monoisotopic (exact) mass is 244 g/mol. The van der Waals surface area contributed by atoms with Crippen LogP contribution in [0.1, 0.15) is 26.2 Å². The van der Waals surface area contributed by atoms with Gasteiger partial charge in [-0.25, -0.2) is 4.79 Å². The maximum atomic E-state index is 11.5. The number of nitrogens with one attached hydrogen (secondary N) is 1. The van der Waals surface area contributed by atoms with Crippen LogP contribution in [0.2, 0.25) is 0 Å². The topological polar surface area (TPSA) is 78.9 Å². The second-order valence-corrected chi connectivity index (χ2v) is 4.39. The van der Waals surface area contributed by atoms with Crippen molar-refractivity contribution in [2.45, 2.75) is 38.3 Å². The number of alkyl carbamates (subject to hydrolysis) is 1. The highest BCUT2D eigenvalue weighted by Crippen LogP contribution is 2.20. The van der Waals surface area contributed by atoms with Gasteiger partial charge in [0.25, 0.3) is 0 Å². The minimum Gasteiger partial charge on any atom is -0.453 e. The zero-order valence-corrected chi connectivity index (χ0v) is 10.3. The molecule has 1 rings (SSSR count). The second kappa shape index (κ2) is 6.56. The Morgan fingerprint density at radius 2 is 2.29 bits per heavy atom. The summed E-state index contributed by atoms with van der Waals surface area (Å²) in [5.41, 5.74) is 0. The first kappa shape index (κ1) is 13.9. The molecule has 0 saturated carbocycles. The van der Waals surface area contributed by atoms with Crippen molar-refractivity contribution in [3.05, 3.63) is 0 Å². The molecule has 1 heterocycles. The van der Waals surface area contributed by atoms with Crippen LogP contribution in [0.4, 0.5) is 4.79 Å².